The number of likely N-dealkylation sites (N-methyl/N-ethyl adjacent to an activating group) is 1. The molecule has 0 aliphatic rings. The fourth-order valence-electron chi connectivity index (χ4n) is 0.825. The molecule has 0 bridgehead atoms. The number of nitrogens with one attached hydrogen (secondary N) is 1. The normalized spacial score (nSPS) is 10.5. The predicted molar refractivity (Wildman–Crippen MR) is 42.7 cm³/mol. The highest BCUT2D eigenvalue weighted by Crippen LogP contribution is 1.97. The molecule has 5 nitrogen and oxygen atoms in total. The van der Waals surface area contributed by atoms with Crippen LogP contribution in [0, 0.1) is 0 Å². The molecule has 0 aromatic carbocycles. The lowest BCUT2D eigenvalue weighted by molar-refractivity contribution is 0.292. The summed E-state index contributed by atoms with van der Waals surface area (Å²) in [5, 5.41) is 15.2. The molecule has 1 heterocycles. The summed E-state index contributed by atoms with van der Waals surface area (Å²) in [6, 6.07) is 0. The number of aliphatic hydroxyl groups excluding tert-OH is 1. The van der Waals surface area contributed by atoms with Crippen LogP contribution in [0.2, 0.25) is 0 Å². The van der Waals surface area contributed by atoms with Gasteiger partial charge in [0.05, 0.1) is 6.61 Å². The first-order chi connectivity index (χ1) is 5.86. The number of rotatable bonds is 5. The Morgan fingerprint density at radius 1 is 1.50 bits per heavy atom. The van der Waals surface area contributed by atoms with Crippen LogP contribution in [0.15, 0.2) is 4.52 Å². The van der Waals surface area contributed by atoms with Crippen molar-refractivity contribution in [2.45, 2.75) is 12.8 Å². The number of aromatic nitrogens is 2. The summed E-state index contributed by atoms with van der Waals surface area (Å²) < 4.78 is 4.91. The lowest BCUT2D eigenvalue weighted by atomic mass is 10.4. The number of aliphatic hydroxyl groups is 1. The molecular formula is C7H13N3O2. The SMILES string of the molecule is CNCCc1nc(CCO)no1. The first-order valence-electron chi connectivity index (χ1n) is 3.93. The van der Waals surface area contributed by atoms with Gasteiger partial charge in [0.1, 0.15) is 0 Å². The Morgan fingerprint density at radius 2 is 2.33 bits per heavy atom. The Bertz CT molecular complexity index is 224. The van der Waals surface area contributed by atoms with Crippen molar-refractivity contribution in [2.24, 2.45) is 0 Å². The first-order valence-corrected chi connectivity index (χ1v) is 3.93. The number of hydrogen-bond donors (Lipinski definition) is 2. The van der Waals surface area contributed by atoms with E-state index in [1.165, 1.54) is 0 Å². The average molecular weight is 171 g/mol. The quantitative estimate of drug-likeness (QED) is 0.617. The summed E-state index contributed by atoms with van der Waals surface area (Å²) >= 11 is 0. The van der Waals surface area contributed by atoms with Gasteiger partial charge in [-0.25, -0.2) is 0 Å². The van der Waals surface area contributed by atoms with E-state index in [0.29, 0.717) is 18.1 Å². The molecule has 1 rings (SSSR count). The van der Waals surface area contributed by atoms with Gasteiger partial charge in [-0.2, -0.15) is 4.98 Å². The smallest absolute Gasteiger partial charge is 0.227 e. The lowest BCUT2D eigenvalue weighted by Gasteiger charge is -1.90. The van der Waals surface area contributed by atoms with Crippen LogP contribution in [0.5, 0.6) is 0 Å². The van der Waals surface area contributed by atoms with E-state index in [4.69, 9.17) is 9.63 Å². The second-order valence-electron chi connectivity index (χ2n) is 2.43. The van der Waals surface area contributed by atoms with E-state index < -0.39 is 0 Å². The molecule has 5 heteroatoms. The summed E-state index contributed by atoms with van der Waals surface area (Å²) in [5.41, 5.74) is 0. The van der Waals surface area contributed by atoms with Crippen molar-refractivity contribution in [2.75, 3.05) is 20.2 Å². The fourth-order valence-corrected chi connectivity index (χ4v) is 0.825. The monoisotopic (exact) mass is 171 g/mol. The van der Waals surface area contributed by atoms with Crippen LogP contribution >= 0.6 is 0 Å². The molecule has 0 aliphatic carbocycles. The Morgan fingerprint density at radius 3 is 3.00 bits per heavy atom. The van der Waals surface area contributed by atoms with Crippen molar-refractivity contribution in [1.29, 1.82) is 0 Å². The van der Waals surface area contributed by atoms with Crippen LogP contribution in [-0.2, 0) is 12.8 Å². The Hall–Kier alpha value is -0.940. The van der Waals surface area contributed by atoms with Gasteiger partial charge < -0.3 is 14.9 Å². The van der Waals surface area contributed by atoms with Gasteiger partial charge in [0, 0.05) is 19.4 Å². The molecule has 0 fully saturated rings. The maximum atomic E-state index is 8.57. The van der Waals surface area contributed by atoms with Crippen molar-refractivity contribution in [3.05, 3.63) is 11.7 Å². The zero-order chi connectivity index (χ0) is 8.81. The molecule has 2 N–H and O–H groups in total. The second kappa shape index (κ2) is 4.84. The molecule has 0 saturated heterocycles. The van der Waals surface area contributed by atoms with Gasteiger partial charge in [-0.05, 0) is 7.05 Å². The Balaban J connectivity index is 2.41. The van der Waals surface area contributed by atoms with Gasteiger partial charge in [-0.15, -0.1) is 0 Å². The second-order valence-corrected chi connectivity index (χ2v) is 2.43. The highest BCUT2D eigenvalue weighted by atomic mass is 16.5. The summed E-state index contributed by atoms with van der Waals surface area (Å²) in [7, 11) is 1.87. The van der Waals surface area contributed by atoms with E-state index in [9.17, 15) is 0 Å². The zero-order valence-corrected chi connectivity index (χ0v) is 7.08. The largest absolute Gasteiger partial charge is 0.396 e. The molecule has 12 heavy (non-hydrogen) atoms. The number of nitrogens with zero attached hydrogens (tertiary/aromatic N) is 2. The van der Waals surface area contributed by atoms with Crippen molar-refractivity contribution < 1.29 is 9.63 Å². The van der Waals surface area contributed by atoms with E-state index in [2.05, 4.69) is 15.5 Å². The third-order valence-corrected chi connectivity index (χ3v) is 1.43. The summed E-state index contributed by atoms with van der Waals surface area (Å²) in [5.74, 6) is 1.19. The molecule has 0 unspecified atom stereocenters. The minimum absolute atomic E-state index is 0.0605. The van der Waals surface area contributed by atoms with Crippen molar-refractivity contribution in [1.82, 2.24) is 15.5 Å². The molecule has 0 radical (unpaired) electrons. The van der Waals surface area contributed by atoms with Crippen molar-refractivity contribution >= 4 is 0 Å². The van der Waals surface area contributed by atoms with Crippen LogP contribution in [0.25, 0.3) is 0 Å². The van der Waals surface area contributed by atoms with Crippen molar-refractivity contribution in [3.63, 3.8) is 0 Å². The molecule has 0 atom stereocenters. The third kappa shape index (κ3) is 2.60. The van der Waals surface area contributed by atoms with Crippen LogP contribution in [0.4, 0.5) is 0 Å². The summed E-state index contributed by atoms with van der Waals surface area (Å²) in [4.78, 5) is 4.06. The van der Waals surface area contributed by atoms with Gasteiger partial charge in [0.15, 0.2) is 5.82 Å². The summed E-state index contributed by atoms with van der Waals surface area (Å²) in [6.07, 6.45) is 1.19. The molecular weight excluding hydrogens is 158 g/mol. The van der Waals surface area contributed by atoms with Gasteiger partial charge in [0.2, 0.25) is 5.89 Å². The molecule has 1 aromatic rings. The molecule has 1 aromatic heterocycles. The van der Waals surface area contributed by atoms with Gasteiger partial charge in [-0.1, -0.05) is 5.16 Å². The Kier molecular flexibility index (Phi) is 3.69. The van der Waals surface area contributed by atoms with E-state index in [-0.39, 0.29) is 6.61 Å². The third-order valence-electron chi connectivity index (χ3n) is 1.43. The van der Waals surface area contributed by atoms with Crippen LogP contribution in [0.3, 0.4) is 0 Å². The van der Waals surface area contributed by atoms with Crippen LogP contribution in [-0.4, -0.2) is 35.4 Å². The predicted octanol–water partition coefficient (Wildman–Crippen LogP) is -0.634. The molecule has 0 saturated carbocycles. The summed E-state index contributed by atoms with van der Waals surface area (Å²) in [6.45, 7) is 0.881. The van der Waals surface area contributed by atoms with Gasteiger partial charge >= 0.3 is 0 Å². The van der Waals surface area contributed by atoms with E-state index in [1.807, 2.05) is 7.05 Å². The lowest BCUT2D eigenvalue weighted by Crippen LogP contribution is -2.10. The van der Waals surface area contributed by atoms with E-state index >= 15 is 0 Å². The molecule has 68 valence electrons. The standard InChI is InChI=1S/C7H13N3O2/c1-8-4-2-7-9-6(3-5-11)10-12-7/h8,11H,2-5H2,1H3. The maximum Gasteiger partial charge on any atom is 0.227 e. The highest BCUT2D eigenvalue weighted by molar-refractivity contribution is 4.86. The molecule has 0 spiro atoms. The van der Waals surface area contributed by atoms with Crippen LogP contribution < -0.4 is 5.32 Å². The number of hydrogen-bond acceptors (Lipinski definition) is 5. The Labute approximate surface area is 70.8 Å². The topological polar surface area (TPSA) is 71.2 Å². The zero-order valence-electron chi connectivity index (χ0n) is 7.08. The molecule has 0 aliphatic heterocycles. The average Bonchev–Trinajstić information content (AvgIpc) is 2.50. The highest BCUT2D eigenvalue weighted by Gasteiger charge is 2.03. The van der Waals surface area contributed by atoms with Crippen LogP contribution in [0.1, 0.15) is 11.7 Å². The minimum atomic E-state index is 0.0605. The van der Waals surface area contributed by atoms with E-state index in [1.54, 1.807) is 0 Å². The first kappa shape index (κ1) is 9.15. The van der Waals surface area contributed by atoms with E-state index in [0.717, 1.165) is 13.0 Å². The maximum absolute atomic E-state index is 8.57. The van der Waals surface area contributed by atoms with Crippen molar-refractivity contribution in [3.8, 4) is 0 Å². The van der Waals surface area contributed by atoms with Gasteiger partial charge in [-0.3, -0.25) is 0 Å². The minimum Gasteiger partial charge on any atom is -0.396 e. The molecule has 0 amide bonds. The fraction of sp³-hybridized carbons (Fsp3) is 0.714. The van der Waals surface area contributed by atoms with Gasteiger partial charge in [0.25, 0.3) is 0 Å².